The Hall–Kier alpha value is -3.52. The van der Waals surface area contributed by atoms with Crippen molar-refractivity contribution < 1.29 is 23.8 Å². The lowest BCUT2D eigenvalue weighted by Crippen LogP contribution is -2.43. The number of ether oxygens (including phenoxy) is 3. The Morgan fingerprint density at radius 2 is 1.88 bits per heavy atom. The summed E-state index contributed by atoms with van der Waals surface area (Å²) in [4.78, 5) is 31.5. The predicted octanol–water partition coefficient (Wildman–Crippen LogP) is 4.32. The topological polar surface area (TPSA) is 68.3 Å². The molecule has 0 unspecified atom stereocenters. The maximum absolute atomic E-state index is 13.6. The van der Waals surface area contributed by atoms with Crippen LogP contribution in [0.4, 0.5) is 0 Å². The number of carbonyl (C=O) groups is 2. The minimum Gasteiger partial charge on any atom is -0.497 e. The largest absolute Gasteiger partial charge is 0.497 e. The summed E-state index contributed by atoms with van der Waals surface area (Å²) >= 11 is 1.61. The highest BCUT2D eigenvalue weighted by molar-refractivity contribution is 7.09. The monoisotopic (exact) mass is 478 g/mol. The quantitative estimate of drug-likeness (QED) is 0.458. The molecule has 5 rings (SSSR count). The Labute approximate surface area is 202 Å². The van der Waals surface area contributed by atoms with Crippen LogP contribution in [0.5, 0.6) is 17.2 Å². The molecule has 0 radical (unpaired) electrons. The highest BCUT2D eigenvalue weighted by Gasteiger charge is 2.35. The first kappa shape index (κ1) is 22.3. The van der Waals surface area contributed by atoms with Crippen molar-refractivity contribution >= 4 is 23.2 Å². The number of amides is 2. The van der Waals surface area contributed by atoms with Gasteiger partial charge in [-0.15, -0.1) is 11.3 Å². The lowest BCUT2D eigenvalue weighted by Gasteiger charge is -2.28. The zero-order valence-corrected chi connectivity index (χ0v) is 19.8. The van der Waals surface area contributed by atoms with Crippen molar-refractivity contribution in [1.29, 1.82) is 0 Å². The molecular weight excluding hydrogens is 452 g/mol. The second-order valence-electron chi connectivity index (χ2n) is 8.41. The molecule has 34 heavy (non-hydrogen) atoms. The van der Waals surface area contributed by atoms with Crippen molar-refractivity contribution in [2.75, 3.05) is 20.4 Å². The van der Waals surface area contributed by atoms with Crippen LogP contribution in [0, 0.1) is 0 Å². The van der Waals surface area contributed by atoms with Crippen molar-refractivity contribution in [2.45, 2.75) is 32.0 Å². The number of hydrogen-bond donors (Lipinski definition) is 0. The fourth-order valence-corrected chi connectivity index (χ4v) is 4.72. The summed E-state index contributed by atoms with van der Waals surface area (Å²) in [5.41, 5.74) is 1.48. The number of methoxy groups -OCH3 is 1. The molecule has 3 aromatic rings. The standard InChI is InChI=1S/C26H26N2O5S/c1-31-21-5-2-4-19(13-21)26(30)28(20-8-9-20)16-25(29)27(15-22-6-3-11-34-22)14-18-7-10-23-24(12-18)33-17-32-23/h2-7,10-13,20H,8-9,14-17H2,1H3. The molecule has 0 N–H and O–H groups in total. The minimum atomic E-state index is -0.145. The van der Waals surface area contributed by atoms with Gasteiger partial charge >= 0.3 is 0 Å². The zero-order chi connectivity index (χ0) is 23.5. The molecule has 0 spiro atoms. The highest BCUT2D eigenvalue weighted by atomic mass is 32.1. The normalized spacial score (nSPS) is 14.0. The van der Waals surface area contributed by atoms with Gasteiger partial charge in [0.15, 0.2) is 11.5 Å². The van der Waals surface area contributed by atoms with Gasteiger partial charge in [0.05, 0.1) is 13.7 Å². The molecule has 2 aromatic carbocycles. The van der Waals surface area contributed by atoms with Crippen molar-refractivity contribution in [2.24, 2.45) is 0 Å². The van der Waals surface area contributed by atoms with E-state index in [2.05, 4.69) is 0 Å². The Bertz CT molecular complexity index is 1180. The van der Waals surface area contributed by atoms with Gasteiger partial charge in [-0.25, -0.2) is 0 Å². The van der Waals surface area contributed by atoms with Crippen LogP contribution < -0.4 is 14.2 Å². The molecule has 8 heteroatoms. The average molecular weight is 479 g/mol. The van der Waals surface area contributed by atoms with Crippen molar-refractivity contribution in [1.82, 2.24) is 9.80 Å². The van der Waals surface area contributed by atoms with Gasteiger partial charge in [0.1, 0.15) is 12.3 Å². The number of hydrogen-bond acceptors (Lipinski definition) is 6. The Morgan fingerprint density at radius 3 is 2.65 bits per heavy atom. The van der Waals surface area contributed by atoms with E-state index in [9.17, 15) is 9.59 Å². The summed E-state index contributed by atoms with van der Waals surface area (Å²) in [6, 6.07) is 16.9. The minimum absolute atomic E-state index is 0.0383. The summed E-state index contributed by atoms with van der Waals surface area (Å²) in [6.07, 6.45) is 1.83. The van der Waals surface area contributed by atoms with Crippen LogP contribution in [0.1, 0.15) is 33.6 Å². The van der Waals surface area contributed by atoms with Crippen LogP contribution in [0.2, 0.25) is 0 Å². The van der Waals surface area contributed by atoms with E-state index in [0.29, 0.717) is 35.9 Å². The number of benzene rings is 2. The first-order valence-corrected chi connectivity index (χ1v) is 12.1. The van der Waals surface area contributed by atoms with E-state index in [4.69, 9.17) is 14.2 Å². The van der Waals surface area contributed by atoms with Gasteiger partial charge in [0.25, 0.3) is 5.91 Å². The molecule has 2 aliphatic rings. The van der Waals surface area contributed by atoms with E-state index >= 15 is 0 Å². The molecule has 176 valence electrons. The fraction of sp³-hybridized carbons (Fsp3) is 0.308. The SMILES string of the molecule is COc1cccc(C(=O)N(CC(=O)N(Cc2ccc3c(c2)OCO3)Cc2cccs2)C2CC2)c1. The van der Waals surface area contributed by atoms with Crippen molar-refractivity contribution in [3.63, 3.8) is 0 Å². The van der Waals surface area contributed by atoms with Crippen LogP contribution in [-0.2, 0) is 17.9 Å². The number of nitrogens with zero attached hydrogens (tertiary/aromatic N) is 2. The van der Waals surface area contributed by atoms with Crippen LogP contribution in [0.25, 0.3) is 0 Å². The van der Waals surface area contributed by atoms with Crippen LogP contribution in [0.3, 0.4) is 0 Å². The third-order valence-corrected chi connectivity index (χ3v) is 6.82. The van der Waals surface area contributed by atoms with Crippen LogP contribution in [-0.4, -0.2) is 48.1 Å². The third kappa shape index (κ3) is 5.02. The smallest absolute Gasteiger partial charge is 0.254 e. The molecule has 1 aliphatic carbocycles. The van der Waals surface area contributed by atoms with Crippen LogP contribution >= 0.6 is 11.3 Å². The van der Waals surface area contributed by atoms with E-state index in [-0.39, 0.29) is 31.2 Å². The number of rotatable bonds is 9. The highest BCUT2D eigenvalue weighted by Crippen LogP contribution is 2.33. The number of thiophene rings is 1. The third-order valence-electron chi connectivity index (χ3n) is 5.96. The Balaban J connectivity index is 1.35. The van der Waals surface area contributed by atoms with E-state index in [0.717, 1.165) is 23.3 Å². The summed E-state index contributed by atoms with van der Waals surface area (Å²) in [6.45, 7) is 1.14. The summed E-state index contributed by atoms with van der Waals surface area (Å²) in [5.74, 6) is 1.79. The molecule has 0 saturated heterocycles. The second kappa shape index (κ2) is 9.77. The molecule has 1 fully saturated rings. The van der Waals surface area contributed by atoms with Gasteiger partial charge < -0.3 is 24.0 Å². The van der Waals surface area contributed by atoms with Gasteiger partial charge in [0, 0.05) is 23.0 Å². The summed E-state index contributed by atoms with van der Waals surface area (Å²) in [7, 11) is 1.57. The first-order chi connectivity index (χ1) is 16.6. The predicted molar refractivity (Wildman–Crippen MR) is 128 cm³/mol. The lowest BCUT2D eigenvalue weighted by atomic mass is 10.1. The lowest BCUT2D eigenvalue weighted by molar-refractivity contribution is -0.133. The van der Waals surface area contributed by atoms with Gasteiger partial charge in [-0.05, 0) is 60.2 Å². The molecule has 1 aliphatic heterocycles. The van der Waals surface area contributed by atoms with Crippen LogP contribution in [0.15, 0.2) is 60.0 Å². The zero-order valence-electron chi connectivity index (χ0n) is 18.9. The maximum Gasteiger partial charge on any atom is 0.254 e. The molecule has 2 amide bonds. The molecule has 0 atom stereocenters. The van der Waals surface area contributed by atoms with E-state index in [1.807, 2.05) is 35.7 Å². The molecule has 1 aromatic heterocycles. The van der Waals surface area contributed by atoms with E-state index in [1.54, 1.807) is 52.5 Å². The van der Waals surface area contributed by atoms with E-state index in [1.165, 1.54) is 0 Å². The Morgan fingerprint density at radius 1 is 1.03 bits per heavy atom. The summed E-state index contributed by atoms with van der Waals surface area (Å²) < 4.78 is 16.2. The van der Waals surface area contributed by atoms with Gasteiger partial charge in [-0.3, -0.25) is 9.59 Å². The maximum atomic E-state index is 13.6. The molecule has 2 heterocycles. The first-order valence-electron chi connectivity index (χ1n) is 11.2. The van der Waals surface area contributed by atoms with Gasteiger partial charge in [-0.1, -0.05) is 18.2 Å². The Kier molecular flexibility index (Phi) is 6.40. The van der Waals surface area contributed by atoms with Gasteiger partial charge in [-0.2, -0.15) is 0 Å². The van der Waals surface area contributed by atoms with Gasteiger partial charge in [0.2, 0.25) is 12.7 Å². The van der Waals surface area contributed by atoms with Crippen molar-refractivity contribution in [3.8, 4) is 17.2 Å². The average Bonchev–Trinajstić information content (AvgIpc) is 3.36. The fourth-order valence-electron chi connectivity index (χ4n) is 4.00. The molecule has 1 saturated carbocycles. The number of carbonyl (C=O) groups excluding carboxylic acids is 2. The number of fused-ring (bicyclic) bond motifs is 1. The van der Waals surface area contributed by atoms with Crippen molar-refractivity contribution in [3.05, 3.63) is 76.0 Å². The molecular formula is C26H26N2O5S. The molecule has 7 nitrogen and oxygen atoms in total. The summed E-state index contributed by atoms with van der Waals surface area (Å²) in [5, 5.41) is 2.00. The molecule has 0 bridgehead atoms. The second-order valence-corrected chi connectivity index (χ2v) is 9.45. The van der Waals surface area contributed by atoms with E-state index < -0.39 is 0 Å².